The standard InChI is InChI=1S/C20H33N5O2/c1-14(2)24-13-20(7-6-18(24)26)8-10-23(11-9-20)19(27)15(3)12-25-17(5)21-16(4)22-25/h14-15H,6-13H2,1-5H3. The van der Waals surface area contributed by atoms with Crippen LogP contribution in [0.25, 0.3) is 0 Å². The van der Waals surface area contributed by atoms with Gasteiger partial charge in [0.05, 0.1) is 12.5 Å². The number of amides is 2. The quantitative estimate of drug-likeness (QED) is 0.809. The lowest BCUT2D eigenvalue weighted by Crippen LogP contribution is -2.54. The summed E-state index contributed by atoms with van der Waals surface area (Å²) in [5, 5.41) is 4.38. The first-order valence-corrected chi connectivity index (χ1v) is 10.2. The highest BCUT2D eigenvalue weighted by Gasteiger charge is 2.42. The second-order valence-corrected chi connectivity index (χ2v) is 8.73. The van der Waals surface area contributed by atoms with Gasteiger partial charge in [0.25, 0.3) is 0 Å². The van der Waals surface area contributed by atoms with E-state index < -0.39 is 0 Å². The molecule has 150 valence electrons. The van der Waals surface area contributed by atoms with Crippen LogP contribution in [0.1, 0.15) is 58.1 Å². The lowest BCUT2D eigenvalue weighted by atomic mass is 9.72. The van der Waals surface area contributed by atoms with Crippen LogP contribution in [0.4, 0.5) is 0 Å². The molecule has 2 amide bonds. The first kappa shape index (κ1) is 19.8. The van der Waals surface area contributed by atoms with Crippen LogP contribution < -0.4 is 0 Å². The van der Waals surface area contributed by atoms with Crippen molar-refractivity contribution in [2.24, 2.45) is 11.3 Å². The highest BCUT2D eigenvalue weighted by Crippen LogP contribution is 2.41. The van der Waals surface area contributed by atoms with Crippen molar-refractivity contribution in [3.05, 3.63) is 11.6 Å². The van der Waals surface area contributed by atoms with Gasteiger partial charge in [-0.05, 0) is 52.4 Å². The van der Waals surface area contributed by atoms with Gasteiger partial charge < -0.3 is 9.80 Å². The van der Waals surface area contributed by atoms with Crippen LogP contribution in [-0.2, 0) is 16.1 Å². The first-order valence-electron chi connectivity index (χ1n) is 10.2. The number of carbonyl (C=O) groups excluding carboxylic acids is 2. The van der Waals surface area contributed by atoms with E-state index in [1.165, 1.54) is 0 Å². The molecule has 7 nitrogen and oxygen atoms in total. The van der Waals surface area contributed by atoms with Gasteiger partial charge >= 0.3 is 0 Å². The van der Waals surface area contributed by atoms with Crippen LogP contribution in [0.5, 0.6) is 0 Å². The SMILES string of the molecule is Cc1nc(C)n(CC(C)C(=O)N2CCC3(CCC(=O)N(C(C)C)C3)CC2)n1. The largest absolute Gasteiger partial charge is 0.342 e. The molecule has 2 aliphatic rings. The van der Waals surface area contributed by atoms with Crippen LogP contribution >= 0.6 is 0 Å². The van der Waals surface area contributed by atoms with Crippen molar-refractivity contribution in [2.45, 2.75) is 72.9 Å². The Morgan fingerprint density at radius 2 is 1.81 bits per heavy atom. The molecule has 0 N–H and O–H groups in total. The lowest BCUT2D eigenvalue weighted by molar-refractivity contribution is -0.145. The molecule has 1 aromatic heterocycles. The predicted molar refractivity (Wildman–Crippen MR) is 103 cm³/mol. The Balaban J connectivity index is 1.57. The third kappa shape index (κ3) is 4.17. The van der Waals surface area contributed by atoms with Gasteiger partial charge in [0.15, 0.2) is 0 Å². The minimum absolute atomic E-state index is 0.112. The molecule has 2 fully saturated rings. The number of nitrogens with zero attached hydrogens (tertiary/aromatic N) is 5. The Hall–Kier alpha value is -1.92. The summed E-state index contributed by atoms with van der Waals surface area (Å²) in [6, 6.07) is 0.253. The number of carbonyl (C=O) groups is 2. The van der Waals surface area contributed by atoms with E-state index in [1.54, 1.807) is 0 Å². The van der Waals surface area contributed by atoms with E-state index in [2.05, 4.69) is 23.9 Å². The Kier molecular flexibility index (Phi) is 5.58. The van der Waals surface area contributed by atoms with Gasteiger partial charge in [-0.2, -0.15) is 5.10 Å². The summed E-state index contributed by atoms with van der Waals surface area (Å²) in [7, 11) is 0. The van der Waals surface area contributed by atoms with Gasteiger partial charge in [0.2, 0.25) is 11.8 Å². The third-order valence-corrected chi connectivity index (χ3v) is 6.29. The van der Waals surface area contributed by atoms with Crippen molar-refractivity contribution < 1.29 is 9.59 Å². The highest BCUT2D eigenvalue weighted by atomic mass is 16.2. The van der Waals surface area contributed by atoms with Crippen LogP contribution in [-0.4, -0.2) is 62.1 Å². The van der Waals surface area contributed by atoms with Gasteiger partial charge in [0.1, 0.15) is 11.6 Å². The summed E-state index contributed by atoms with van der Waals surface area (Å²) in [4.78, 5) is 33.4. The monoisotopic (exact) mass is 375 g/mol. The summed E-state index contributed by atoms with van der Waals surface area (Å²) in [6.07, 6.45) is 3.59. The molecule has 0 radical (unpaired) electrons. The molecule has 0 aliphatic carbocycles. The van der Waals surface area contributed by atoms with E-state index in [0.29, 0.717) is 13.0 Å². The van der Waals surface area contributed by atoms with Crippen LogP contribution in [0.3, 0.4) is 0 Å². The number of aromatic nitrogens is 3. The van der Waals surface area contributed by atoms with Crippen molar-refractivity contribution in [3.63, 3.8) is 0 Å². The smallest absolute Gasteiger partial charge is 0.227 e. The molecule has 1 aromatic rings. The summed E-state index contributed by atoms with van der Waals surface area (Å²) in [5.74, 6) is 1.96. The molecule has 7 heteroatoms. The molecule has 0 aromatic carbocycles. The van der Waals surface area contributed by atoms with E-state index in [4.69, 9.17) is 0 Å². The number of aryl methyl sites for hydroxylation is 2. The van der Waals surface area contributed by atoms with Crippen molar-refractivity contribution >= 4 is 11.8 Å². The Morgan fingerprint density at radius 1 is 1.15 bits per heavy atom. The molecular formula is C20H33N5O2. The zero-order valence-corrected chi connectivity index (χ0v) is 17.4. The zero-order chi connectivity index (χ0) is 19.8. The average Bonchev–Trinajstić information content (AvgIpc) is 2.94. The van der Waals surface area contributed by atoms with E-state index in [0.717, 1.165) is 50.5 Å². The fourth-order valence-electron chi connectivity index (χ4n) is 4.51. The summed E-state index contributed by atoms with van der Waals surface area (Å²) in [6.45, 7) is 12.9. The molecule has 1 atom stereocenters. The van der Waals surface area contributed by atoms with Gasteiger partial charge in [-0.15, -0.1) is 0 Å². The van der Waals surface area contributed by atoms with Crippen LogP contribution in [0.2, 0.25) is 0 Å². The number of rotatable bonds is 4. The van der Waals surface area contributed by atoms with Crippen LogP contribution in [0, 0.1) is 25.2 Å². The van der Waals surface area contributed by atoms with Gasteiger partial charge in [-0.1, -0.05) is 6.92 Å². The van der Waals surface area contributed by atoms with E-state index >= 15 is 0 Å². The molecule has 2 aliphatic heterocycles. The van der Waals surface area contributed by atoms with Crippen LogP contribution in [0.15, 0.2) is 0 Å². The summed E-state index contributed by atoms with van der Waals surface area (Å²) < 4.78 is 1.83. The normalized spacial score (nSPS) is 21.2. The Labute approximate surface area is 162 Å². The highest BCUT2D eigenvalue weighted by molar-refractivity contribution is 5.79. The number of likely N-dealkylation sites (tertiary alicyclic amines) is 2. The maximum absolute atomic E-state index is 12.9. The van der Waals surface area contributed by atoms with Gasteiger partial charge in [-0.25, -0.2) is 9.67 Å². The third-order valence-electron chi connectivity index (χ3n) is 6.29. The average molecular weight is 376 g/mol. The molecule has 1 spiro atoms. The summed E-state index contributed by atoms with van der Waals surface area (Å²) in [5.41, 5.74) is 0.192. The number of hydrogen-bond donors (Lipinski definition) is 0. The van der Waals surface area contributed by atoms with Crippen molar-refractivity contribution in [3.8, 4) is 0 Å². The molecule has 0 bridgehead atoms. The second kappa shape index (κ2) is 7.60. The van der Waals surface area contributed by atoms with E-state index in [-0.39, 0.29) is 29.2 Å². The predicted octanol–water partition coefficient (Wildman–Crippen LogP) is 2.17. The second-order valence-electron chi connectivity index (χ2n) is 8.73. The summed E-state index contributed by atoms with van der Waals surface area (Å²) >= 11 is 0. The molecule has 2 saturated heterocycles. The molecule has 3 heterocycles. The Morgan fingerprint density at radius 3 is 2.37 bits per heavy atom. The minimum Gasteiger partial charge on any atom is -0.342 e. The molecule has 3 rings (SSSR count). The molecule has 1 unspecified atom stereocenters. The van der Waals surface area contributed by atoms with Gasteiger partial charge in [-0.3, -0.25) is 9.59 Å². The van der Waals surface area contributed by atoms with Crippen molar-refractivity contribution in [1.29, 1.82) is 0 Å². The number of piperidine rings is 2. The molecule has 0 saturated carbocycles. The Bertz CT molecular complexity index is 703. The molecule has 27 heavy (non-hydrogen) atoms. The topological polar surface area (TPSA) is 71.3 Å². The van der Waals surface area contributed by atoms with E-state index in [1.807, 2.05) is 35.3 Å². The van der Waals surface area contributed by atoms with Gasteiger partial charge in [0, 0.05) is 32.1 Å². The maximum atomic E-state index is 12.9. The minimum atomic E-state index is -0.112. The maximum Gasteiger partial charge on any atom is 0.227 e. The fraction of sp³-hybridized carbons (Fsp3) is 0.800. The van der Waals surface area contributed by atoms with Crippen molar-refractivity contribution in [2.75, 3.05) is 19.6 Å². The lowest BCUT2D eigenvalue weighted by Gasteiger charge is -2.48. The molecular weight excluding hydrogens is 342 g/mol. The number of hydrogen-bond acceptors (Lipinski definition) is 4. The fourth-order valence-corrected chi connectivity index (χ4v) is 4.51. The van der Waals surface area contributed by atoms with Crippen molar-refractivity contribution in [1.82, 2.24) is 24.6 Å². The zero-order valence-electron chi connectivity index (χ0n) is 17.4. The first-order chi connectivity index (χ1) is 12.7. The van der Waals surface area contributed by atoms with E-state index in [9.17, 15) is 9.59 Å².